The third-order valence-electron chi connectivity index (χ3n) is 8.35. The zero-order valence-corrected chi connectivity index (χ0v) is 21.8. The molecule has 2 aliphatic heterocycles. The molecule has 1 saturated carbocycles. The zero-order chi connectivity index (χ0) is 27.7. The van der Waals surface area contributed by atoms with Crippen molar-refractivity contribution in [2.24, 2.45) is 0 Å². The van der Waals surface area contributed by atoms with Crippen molar-refractivity contribution in [1.29, 1.82) is 0 Å². The molecule has 2 aromatic heterocycles. The summed E-state index contributed by atoms with van der Waals surface area (Å²) in [6.45, 7) is 1.94. The van der Waals surface area contributed by atoms with Crippen molar-refractivity contribution >= 4 is 17.2 Å². The summed E-state index contributed by atoms with van der Waals surface area (Å²) in [5.41, 5.74) is 3.93. The highest BCUT2D eigenvalue weighted by molar-refractivity contribution is 5.93. The lowest BCUT2D eigenvalue weighted by Crippen LogP contribution is -2.40. The molecule has 1 saturated heterocycles. The highest BCUT2D eigenvalue weighted by atomic mass is 19.1. The number of carbonyl (C=O) groups is 1. The minimum atomic E-state index is -1.37. The van der Waals surface area contributed by atoms with Gasteiger partial charge in [0.15, 0.2) is 5.65 Å². The number of halogens is 3. The van der Waals surface area contributed by atoms with E-state index in [4.69, 9.17) is 0 Å². The monoisotopic (exact) mass is 547 g/mol. The summed E-state index contributed by atoms with van der Waals surface area (Å²) < 4.78 is 45.8. The molecule has 0 unspecified atom stereocenters. The van der Waals surface area contributed by atoms with Gasteiger partial charge in [0.05, 0.1) is 24.8 Å². The molecule has 4 atom stereocenters. The molecule has 4 aromatic rings. The fourth-order valence-corrected chi connectivity index (χ4v) is 5.95. The Hall–Kier alpha value is -3.92. The summed E-state index contributed by atoms with van der Waals surface area (Å²) in [6, 6.07) is 14.9. The number of fused-ring (bicyclic) bond motifs is 2. The molecule has 1 amide bonds. The molecule has 2 fully saturated rings. The molecule has 0 radical (unpaired) electrons. The molecule has 10 heteroatoms. The highest BCUT2D eigenvalue weighted by Gasteiger charge is 2.36. The van der Waals surface area contributed by atoms with E-state index in [-0.39, 0.29) is 48.8 Å². The summed E-state index contributed by atoms with van der Waals surface area (Å²) in [5.74, 6) is -0.677. The van der Waals surface area contributed by atoms with E-state index in [0.717, 1.165) is 24.1 Å². The van der Waals surface area contributed by atoms with Crippen LogP contribution in [0, 0.1) is 5.82 Å². The van der Waals surface area contributed by atoms with Gasteiger partial charge in [-0.1, -0.05) is 24.3 Å². The van der Waals surface area contributed by atoms with Crippen molar-refractivity contribution in [3.8, 4) is 11.3 Å². The Balaban J connectivity index is 1.23. The van der Waals surface area contributed by atoms with Crippen molar-refractivity contribution < 1.29 is 23.1 Å². The molecule has 1 N–H and O–H groups in total. The summed E-state index contributed by atoms with van der Waals surface area (Å²) in [6.07, 6.45) is -1.85. The predicted octanol–water partition coefficient (Wildman–Crippen LogP) is 5.16. The van der Waals surface area contributed by atoms with E-state index < -0.39 is 24.3 Å². The molecule has 206 valence electrons. The maximum Gasteiger partial charge on any atom is 0.273 e. The number of benzene rings is 2. The van der Waals surface area contributed by atoms with Crippen LogP contribution >= 0.6 is 0 Å². The van der Waals surface area contributed by atoms with Crippen LogP contribution in [0.4, 0.5) is 18.9 Å². The van der Waals surface area contributed by atoms with E-state index in [2.05, 4.69) is 10.1 Å². The molecule has 3 aliphatic rings. The minimum Gasteiger partial charge on any atom is -0.388 e. The molecule has 2 aromatic carbocycles. The smallest absolute Gasteiger partial charge is 0.273 e. The van der Waals surface area contributed by atoms with Crippen LogP contribution in [-0.4, -0.2) is 62.4 Å². The number of nitrogens with zero attached hydrogens (tertiary/aromatic N) is 5. The van der Waals surface area contributed by atoms with Crippen LogP contribution in [0.25, 0.3) is 16.9 Å². The van der Waals surface area contributed by atoms with Crippen molar-refractivity contribution in [1.82, 2.24) is 19.5 Å². The van der Waals surface area contributed by atoms with Crippen LogP contribution in [0.15, 0.2) is 54.6 Å². The minimum absolute atomic E-state index is 0.00413. The maximum absolute atomic E-state index is 15.3. The van der Waals surface area contributed by atoms with Crippen molar-refractivity contribution in [3.05, 3.63) is 82.9 Å². The Morgan fingerprint density at radius 2 is 1.77 bits per heavy atom. The largest absolute Gasteiger partial charge is 0.388 e. The van der Waals surface area contributed by atoms with Gasteiger partial charge in [-0.2, -0.15) is 5.10 Å². The SMILES string of the molecule is C[C@@H]1c2ccccc2[C@H](F)CN1C(=O)c1cc(C2CC2)n2nc(-c3ccc(N4C[C@@H](O)[C@H](F)C4)cc3F)cc2n1. The fraction of sp³-hybridized carbons (Fsp3) is 0.367. The van der Waals surface area contributed by atoms with Gasteiger partial charge >= 0.3 is 0 Å². The van der Waals surface area contributed by atoms with E-state index >= 15 is 8.78 Å². The number of aliphatic hydroxyl groups excluding tert-OH is 1. The molecular formula is C30H28F3N5O2. The Morgan fingerprint density at radius 1 is 1.00 bits per heavy atom. The second-order valence-electron chi connectivity index (χ2n) is 11.0. The quantitative estimate of drug-likeness (QED) is 0.382. The number of carbonyl (C=O) groups excluding carboxylic acids is 1. The lowest BCUT2D eigenvalue weighted by atomic mass is 9.92. The van der Waals surface area contributed by atoms with Gasteiger partial charge in [-0.3, -0.25) is 4.79 Å². The summed E-state index contributed by atoms with van der Waals surface area (Å²) in [4.78, 5) is 21.4. The van der Waals surface area contributed by atoms with Crippen LogP contribution in [0.3, 0.4) is 0 Å². The Kier molecular flexibility index (Phi) is 5.85. The Morgan fingerprint density at radius 3 is 2.48 bits per heavy atom. The van der Waals surface area contributed by atoms with E-state index in [9.17, 15) is 14.3 Å². The normalized spacial score (nSPS) is 24.5. The van der Waals surface area contributed by atoms with Crippen LogP contribution in [0.2, 0.25) is 0 Å². The van der Waals surface area contributed by atoms with Crippen LogP contribution in [0.1, 0.15) is 65.2 Å². The number of β-amino-alcohol motifs (C(OH)–C–C–N with tert-alkyl or cyclic N) is 1. The molecule has 0 bridgehead atoms. The van der Waals surface area contributed by atoms with Crippen molar-refractivity contribution in [2.75, 3.05) is 24.5 Å². The van der Waals surface area contributed by atoms with Gasteiger partial charge in [-0.25, -0.2) is 22.7 Å². The molecule has 7 rings (SSSR count). The second kappa shape index (κ2) is 9.33. The molecule has 0 spiro atoms. The first-order chi connectivity index (χ1) is 19.3. The molecular weight excluding hydrogens is 519 g/mol. The standard InChI is InChI=1S/C30H28F3N5O2/c1-16-19-4-2-3-5-20(19)23(32)14-37(16)30(40)26-11-27(17-6-7-17)38-29(34-26)12-25(35-38)21-9-8-18(10-22(21)31)36-13-24(33)28(39)15-36/h2-5,8-12,16-17,23-24,28,39H,6-7,13-15H2,1H3/t16-,23-,24-,28-/m1/s1. The van der Waals surface area contributed by atoms with E-state index in [1.54, 1.807) is 45.8 Å². The summed E-state index contributed by atoms with van der Waals surface area (Å²) >= 11 is 0. The Labute approximate surface area is 228 Å². The fourth-order valence-electron chi connectivity index (χ4n) is 5.95. The van der Waals surface area contributed by atoms with Gasteiger partial charge in [0.2, 0.25) is 0 Å². The lowest BCUT2D eigenvalue weighted by molar-refractivity contribution is 0.0585. The number of aromatic nitrogens is 3. The number of hydrogen-bond acceptors (Lipinski definition) is 5. The van der Waals surface area contributed by atoms with Crippen LogP contribution in [0.5, 0.6) is 0 Å². The number of rotatable bonds is 4. The van der Waals surface area contributed by atoms with Crippen molar-refractivity contribution in [3.63, 3.8) is 0 Å². The van der Waals surface area contributed by atoms with Gasteiger partial charge in [-0.15, -0.1) is 0 Å². The van der Waals surface area contributed by atoms with E-state index in [0.29, 0.717) is 22.6 Å². The average molecular weight is 548 g/mol. The van der Waals surface area contributed by atoms with Gasteiger partial charge in [-0.05, 0) is 55.2 Å². The first kappa shape index (κ1) is 25.1. The zero-order valence-electron chi connectivity index (χ0n) is 21.8. The average Bonchev–Trinajstić information content (AvgIpc) is 3.62. The summed E-state index contributed by atoms with van der Waals surface area (Å²) in [7, 11) is 0. The molecule has 1 aliphatic carbocycles. The molecule has 4 heterocycles. The first-order valence-electron chi connectivity index (χ1n) is 13.6. The van der Waals surface area contributed by atoms with Gasteiger partial charge in [0, 0.05) is 35.5 Å². The topological polar surface area (TPSA) is 74.0 Å². The van der Waals surface area contributed by atoms with Crippen molar-refractivity contribution in [2.45, 2.75) is 50.2 Å². The second-order valence-corrected chi connectivity index (χ2v) is 11.0. The van der Waals surface area contributed by atoms with E-state index in [1.165, 1.54) is 11.0 Å². The molecule has 7 nitrogen and oxygen atoms in total. The maximum atomic E-state index is 15.3. The number of aliphatic hydroxyl groups is 1. The van der Waals surface area contributed by atoms with Gasteiger partial charge in [0.25, 0.3) is 5.91 Å². The number of hydrogen-bond donors (Lipinski definition) is 1. The third-order valence-corrected chi connectivity index (χ3v) is 8.35. The highest BCUT2D eigenvalue weighted by Crippen LogP contribution is 2.42. The van der Waals surface area contributed by atoms with Crippen LogP contribution < -0.4 is 4.90 Å². The molecule has 40 heavy (non-hydrogen) atoms. The predicted molar refractivity (Wildman–Crippen MR) is 143 cm³/mol. The first-order valence-corrected chi connectivity index (χ1v) is 13.6. The van der Waals surface area contributed by atoms with E-state index in [1.807, 2.05) is 19.1 Å². The number of alkyl halides is 2. The number of anilines is 1. The van der Waals surface area contributed by atoms with Crippen LogP contribution in [-0.2, 0) is 0 Å². The number of amides is 1. The Bertz CT molecular complexity index is 1630. The van der Waals surface area contributed by atoms with Gasteiger partial charge in [0.1, 0.15) is 30.0 Å². The lowest BCUT2D eigenvalue weighted by Gasteiger charge is -2.36. The summed E-state index contributed by atoms with van der Waals surface area (Å²) in [5, 5.41) is 14.4. The third kappa shape index (κ3) is 4.13. The van der Waals surface area contributed by atoms with Gasteiger partial charge < -0.3 is 14.9 Å².